The topological polar surface area (TPSA) is 6.48 Å². The van der Waals surface area contributed by atoms with E-state index in [1.807, 2.05) is 23.5 Å². The maximum Gasteiger partial charge on any atom is 0.0372 e. The van der Waals surface area contributed by atoms with Crippen LogP contribution in [0.25, 0.3) is 16.7 Å². The quantitative estimate of drug-likeness (QED) is 0.239. The van der Waals surface area contributed by atoms with Crippen molar-refractivity contribution in [3.8, 4) is 0 Å². The molecule has 1 atom stereocenters. The molecule has 2 nitrogen and oxygen atoms in total. The lowest BCUT2D eigenvalue weighted by molar-refractivity contribution is 0.432. The van der Waals surface area contributed by atoms with Gasteiger partial charge in [0.1, 0.15) is 0 Å². The van der Waals surface area contributed by atoms with Gasteiger partial charge in [0.2, 0.25) is 0 Å². The van der Waals surface area contributed by atoms with Gasteiger partial charge in [-0.1, -0.05) is 119 Å². The summed E-state index contributed by atoms with van der Waals surface area (Å²) in [4.78, 5) is 8.62. The lowest BCUT2D eigenvalue weighted by Gasteiger charge is -2.34. The molecule has 2 aliphatic heterocycles. The second-order valence-corrected chi connectivity index (χ2v) is 19.9. The second kappa shape index (κ2) is 15.2. The van der Waals surface area contributed by atoms with Crippen LogP contribution in [0.2, 0.25) is 0 Å². The van der Waals surface area contributed by atoms with Gasteiger partial charge >= 0.3 is 0 Å². The van der Waals surface area contributed by atoms with E-state index in [0.717, 1.165) is 25.7 Å². The number of fused-ring (bicyclic) bond motifs is 2. The normalized spacial score (nSPS) is 19.3. The molecule has 0 saturated heterocycles. The molecule has 4 heteroatoms. The number of nitrogens with zero attached hydrogens (tertiary/aromatic N) is 2. The van der Waals surface area contributed by atoms with Crippen LogP contribution in [0, 0.1) is 24.7 Å². The monoisotopic (exact) mass is 728 g/mol. The van der Waals surface area contributed by atoms with Gasteiger partial charge in [-0.15, -0.1) is 11.8 Å². The predicted molar refractivity (Wildman–Crippen MR) is 234 cm³/mol. The number of hydrogen-bond donors (Lipinski definition) is 0. The Morgan fingerprint density at radius 2 is 1.37 bits per heavy atom. The van der Waals surface area contributed by atoms with Gasteiger partial charge in [-0.2, -0.15) is 0 Å². The molecule has 3 aromatic carbocycles. The van der Waals surface area contributed by atoms with Crippen molar-refractivity contribution < 1.29 is 0 Å². The van der Waals surface area contributed by atoms with Crippen molar-refractivity contribution in [3.05, 3.63) is 123 Å². The fourth-order valence-corrected chi connectivity index (χ4v) is 10.2. The number of rotatable bonds is 7. The molecule has 0 aromatic heterocycles. The Labute approximate surface area is 324 Å². The van der Waals surface area contributed by atoms with E-state index in [1.165, 1.54) is 82.6 Å². The summed E-state index contributed by atoms with van der Waals surface area (Å²) in [6.07, 6.45) is 15.6. The fraction of sp³-hybridized carbons (Fsp3) is 0.417. The molecule has 6 rings (SSSR count). The number of anilines is 2. The smallest absolute Gasteiger partial charge is 0.0372 e. The van der Waals surface area contributed by atoms with Crippen LogP contribution >= 0.6 is 23.5 Å². The number of benzene rings is 3. The van der Waals surface area contributed by atoms with Gasteiger partial charge in [0.15, 0.2) is 0 Å². The van der Waals surface area contributed by atoms with Gasteiger partial charge in [0.05, 0.1) is 0 Å². The molecule has 1 aliphatic carbocycles. The number of allylic oxidation sites excluding steroid dienone is 9. The second-order valence-electron chi connectivity index (χ2n) is 17.6. The molecule has 0 radical (unpaired) electrons. The summed E-state index contributed by atoms with van der Waals surface area (Å²) >= 11 is 3.98. The van der Waals surface area contributed by atoms with Crippen LogP contribution in [0.1, 0.15) is 101 Å². The van der Waals surface area contributed by atoms with E-state index < -0.39 is 0 Å². The maximum atomic E-state index is 2.60. The Morgan fingerprint density at radius 3 is 1.98 bits per heavy atom. The first-order chi connectivity index (χ1) is 24.5. The van der Waals surface area contributed by atoms with E-state index >= 15 is 0 Å². The first-order valence-corrected chi connectivity index (χ1v) is 20.8. The molecule has 274 valence electrons. The predicted octanol–water partition coefficient (Wildman–Crippen LogP) is 13.8. The van der Waals surface area contributed by atoms with Crippen LogP contribution in [0.5, 0.6) is 0 Å². The Hall–Kier alpha value is -3.34. The molecule has 0 saturated carbocycles. The summed E-state index contributed by atoms with van der Waals surface area (Å²) in [5.41, 5.74) is 17.0. The molecule has 2 heterocycles. The van der Waals surface area contributed by atoms with Crippen molar-refractivity contribution in [2.75, 3.05) is 38.0 Å². The van der Waals surface area contributed by atoms with E-state index in [0.29, 0.717) is 5.25 Å². The lowest BCUT2D eigenvalue weighted by atomic mass is 9.79. The van der Waals surface area contributed by atoms with E-state index in [4.69, 9.17) is 0 Å². The van der Waals surface area contributed by atoms with Gasteiger partial charge in [-0.05, 0) is 131 Å². The van der Waals surface area contributed by atoms with Crippen molar-refractivity contribution in [1.82, 2.24) is 0 Å². The summed E-state index contributed by atoms with van der Waals surface area (Å²) in [7, 11) is 8.55. The largest absolute Gasteiger partial charge is 0.378 e. The third-order valence-corrected chi connectivity index (χ3v) is 13.8. The minimum absolute atomic E-state index is 0.0792. The molecule has 0 amide bonds. The first-order valence-electron chi connectivity index (χ1n) is 19.1. The van der Waals surface area contributed by atoms with Crippen LogP contribution in [0.3, 0.4) is 0 Å². The highest BCUT2D eigenvalue weighted by molar-refractivity contribution is 8.03. The fourth-order valence-electron chi connectivity index (χ4n) is 7.60. The van der Waals surface area contributed by atoms with E-state index in [1.54, 1.807) is 5.57 Å². The summed E-state index contributed by atoms with van der Waals surface area (Å²) in [6, 6.07) is 21.2. The van der Waals surface area contributed by atoms with Gasteiger partial charge in [0, 0.05) is 54.6 Å². The summed E-state index contributed by atoms with van der Waals surface area (Å²) in [5, 5.41) is 0.449. The number of hydrogen-bond acceptors (Lipinski definition) is 4. The third-order valence-electron chi connectivity index (χ3n) is 10.6. The average Bonchev–Trinajstić information content (AvgIpc) is 3.07. The molecule has 1 unspecified atom stereocenters. The minimum Gasteiger partial charge on any atom is -0.378 e. The molecular weight excluding hydrogens is 669 g/mol. The van der Waals surface area contributed by atoms with E-state index in [9.17, 15) is 0 Å². The highest BCUT2D eigenvalue weighted by atomic mass is 32.2. The molecule has 3 aliphatic rings. The van der Waals surface area contributed by atoms with E-state index in [-0.39, 0.29) is 10.8 Å². The van der Waals surface area contributed by atoms with Crippen molar-refractivity contribution in [3.63, 3.8) is 0 Å². The van der Waals surface area contributed by atoms with Gasteiger partial charge < -0.3 is 9.80 Å². The van der Waals surface area contributed by atoms with Crippen LogP contribution in [0.15, 0.2) is 105 Å². The molecule has 0 N–H and O–H groups in total. The number of thioether (sulfide) groups is 2. The molecule has 3 aromatic rings. The van der Waals surface area contributed by atoms with Crippen molar-refractivity contribution >= 4 is 51.6 Å². The number of aryl methyl sites for hydroxylation is 2. The zero-order chi connectivity index (χ0) is 37.5. The van der Waals surface area contributed by atoms with Crippen molar-refractivity contribution in [2.45, 2.75) is 103 Å². The zero-order valence-electron chi connectivity index (χ0n) is 33.8. The van der Waals surface area contributed by atoms with Gasteiger partial charge in [-0.3, -0.25) is 0 Å². The highest BCUT2D eigenvalue weighted by Crippen LogP contribution is 2.50. The Bertz CT molecular complexity index is 1980. The summed E-state index contributed by atoms with van der Waals surface area (Å²) in [5.74, 6) is 0. The molecule has 0 fully saturated rings. The molecule has 52 heavy (non-hydrogen) atoms. The Morgan fingerprint density at radius 1 is 0.731 bits per heavy atom. The van der Waals surface area contributed by atoms with Crippen molar-refractivity contribution in [1.29, 1.82) is 0 Å². The minimum atomic E-state index is 0.0792. The van der Waals surface area contributed by atoms with Crippen LogP contribution < -0.4 is 9.80 Å². The Kier molecular flexibility index (Phi) is 11.2. The Balaban J connectivity index is 1.44. The van der Waals surface area contributed by atoms with Crippen molar-refractivity contribution in [2.24, 2.45) is 10.8 Å². The molecule has 0 spiro atoms. The van der Waals surface area contributed by atoms with Crippen LogP contribution in [-0.2, 0) is 0 Å². The van der Waals surface area contributed by atoms with Gasteiger partial charge in [-0.25, -0.2) is 0 Å². The first kappa shape index (κ1) is 38.4. The molecular formula is C48H60N2S2. The SMILES string of the molecule is Cc1cc(C)cc(C2=C(CCC3=CC(C(C)(C)C)Sc4cc(N(C)C)ccc43)CCC/C2=C\C=C2/C=C(C(C)(C)C)Sc3cc(N(C)C)ccc32)c1. The highest BCUT2D eigenvalue weighted by Gasteiger charge is 2.30. The summed E-state index contributed by atoms with van der Waals surface area (Å²) in [6.45, 7) is 18.7. The zero-order valence-corrected chi connectivity index (χ0v) is 35.5. The average molecular weight is 729 g/mol. The van der Waals surface area contributed by atoms with E-state index in [2.05, 4.69) is 172 Å². The molecule has 0 bridgehead atoms. The summed E-state index contributed by atoms with van der Waals surface area (Å²) < 4.78 is 0. The van der Waals surface area contributed by atoms with Crippen LogP contribution in [-0.4, -0.2) is 33.4 Å². The third kappa shape index (κ3) is 8.55. The maximum absolute atomic E-state index is 2.60. The van der Waals surface area contributed by atoms with Crippen LogP contribution in [0.4, 0.5) is 11.4 Å². The van der Waals surface area contributed by atoms with Gasteiger partial charge in [0.25, 0.3) is 0 Å². The lowest BCUT2D eigenvalue weighted by Crippen LogP contribution is -2.23. The standard InChI is InChI=1S/C48H60N2S2/c1-31-24-32(2)26-37(25-31)46-33(16-18-35-27-44(47(3,4)5)51-42-29-38(49(9)10)20-22-40(35)42)14-13-15-34(46)17-19-36-28-45(48(6,7)8)52-43-30-39(50(11)12)21-23-41(36)43/h16,18,20-30,45H,13-15,17,19H2,1-12H3/b33-16+,35-18+.